The number of carbonyl (C=O) groups excluding carboxylic acids is 1. The number of fused-ring (bicyclic) bond motifs is 1. The van der Waals surface area contributed by atoms with Crippen LogP contribution >= 0.6 is 11.6 Å². The van der Waals surface area contributed by atoms with Crippen LogP contribution in [-0.2, 0) is 4.79 Å². The van der Waals surface area contributed by atoms with Crippen LogP contribution in [0.2, 0.25) is 5.02 Å². The van der Waals surface area contributed by atoms with Crippen molar-refractivity contribution < 1.29 is 9.53 Å². The number of halogens is 1. The maximum Gasteiger partial charge on any atom is 0.262 e. The first kappa shape index (κ1) is 19.9. The van der Waals surface area contributed by atoms with Crippen molar-refractivity contribution in [1.29, 1.82) is 0 Å². The molecule has 0 radical (unpaired) electrons. The molecular weight excluding hydrogens is 400 g/mol. The Morgan fingerprint density at radius 3 is 2.40 bits per heavy atom. The van der Waals surface area contributed by atoms with E-state index in [4.69, 9.17) is 16.3 Å². The fraction of sp³-hybridized carbons (Fsp3) is 0.174. The van der Waals surface area contributed by atoms with Gasteiger partial charge >= 0.3 is 0 Å². The van der Waals surface area contributed by atoms with Crippen LogP contribution in [0.1, 0.15) is 16.7 Å². The van der Waals surface area contributed by atoms with E-state index in [1.54, 1.807) is 4.80 Å². The van der Waals surface area contributed by atoms with Crippen LogP contribution in [0.3, 0.4) is 0 Å². The molecule has 152 valence electrons. The third kappa shape index (κ3) is 4.14. The summed E-state index contributed by atoms with van der Waals surface area (Å²) in [6, 6.07) is 17.2. The summed E-state index contributed by atoms with van der Waals surface area (Å²) >= 11 is 6.25. The van der Waals surface area contributed by atoms with E-state index in [0.717, 1.165) is 27.9 Å². The minimum absolute atomic E-state index is 0.141. The van der Waals surface area contributed by atoms with Gasteiger partial charge in [-0.05, 0) is 67.8 Å². The van der Waals surface area contributed by atoms with E-state index in [1.807, 2.05) is 75.4 Å². The molecule has 4 rings (SSSR count). The highest BCUT2D eigenvalue weighted by molar-refractivity contribution is 6.32. The largest absolute Gasteiger partial charge is 0.482 e. The summed E-state index contributed by atoms with van der Waals surface area (Å²) in [5.41, 5.74) is 5.81. The Labute approximate surface area is 179 Å². The average Bonchev–Trinajstić information content (AvgIpc) is 3.11. The van der Waals surface area contributed by atoms with Crippen LogP contribution in [0, 0.1) is 20.8 Å². The number of ether oxygens (including phenoxy) is 1. The van der Waals surface area contributed by atoms with Crippen LogP contribution in [0.25, 0.3) is 16.7 Å². The van der Waals surface area contributed by atoms with E-state index < -0.39 is 0 Å². The number of aryl methyl sites for hydroxylation is 3. The van der Waals surface area contributed by atoms with Gasteiger partial charge in [0.15, 0.2) is 6.61 Å². The molecule has 7 heteroatoms. The molecule has 0 saturated carbocycles. The quantitative estimate of drug-likeness (QED) is 0.492. The van der Waals surface area contributed by atoms with E-state index in [2.05, 4.69) is 15.5 Å². The zero-order chi connectivity index (χ0) is 21.3. The van der Waals surface area contributed by atoms with Crippen LogP contribution in [-0.4, -0.2) is 27.5 Å². The standard InChI is InChI=1S/C23H21ClN4O2/c1-14-9-16(3)23(18(24)10-14)30-13-22(29)25-19-12-21-20(11-15(19)2)26-28(27-21)17-7-5-4-6-8-17/h4-12H,13H2,1-3H3,(H,25,29). The molecule has 0 fully saturated rings. The van der Waals surface area contributed by atoms with Gasteiger partial charge in [0.2, 0.25) is 0 Å². The van der Waals surface area contributed by atoms with Gasteiger partial charge in [0.25, 0.3) is 5.91 Å². The molecule has 3 aromatic carbocycles. The highest BCUT2D eigenvalue weighted by Gasteiger charge is 2.13. The van der Waals surface area contributed by atoms with E-state index in [-0.39, 0.29) is 12.5 Å². The normalized spacial score (nSPS) is 10.9. The lowest BCUT2D eigenvalue weighted by molar-refractivity contribution is -0.118. The molecule has 0 aliphatic rings. The van der Waals surface area contributed by atoms with Gasteiger partial charge < -0.3 is 10.1 Å². The predicted octanol–water partition coefficient (Wildman–Crippen LogP) is 5.02. The Balaban J connectivity index is 1.51. The second-order valence-corrected chi connectivity index (χ2v) is 7.62. The number of carbonyl (C=O) groups is 1. The summed E-state index contributed by atoms with van der Waals surface area (Å²) < 4.78 is 5.67. The zero-order valence-corrected chi connectivity index (χ0v) is 17.7. The summed E-state index contributed by atoms with van der Waals surface area (Å²) in [5, 5.41) is 12.4. The molecule has 0 atom stereocenters. The first-order valence-electron chi connectivity index (χ1n) is 9.53. The van der Waals surface area contributed by atoms with Gasteiger partial charge in [0.1, 0.15) is 16.8 Å². The third-order valence-corrected chi connectivity index (χ3v) is 4.99. The Bertz CT molecular complexity index is 1210. The fourth-order valence-corrected chi connectivity index (χ4v) is 3.66. The molecule has 1 N–H and O–H groups in total. The number of hydrogen-bond acceptors (Lipinski definition) is 4. The van der Waals surface area contributed by atoms with Crippen LogP contribution in [0.4, 0.5) is 5.69 Å². The van der Waals surface area contributed by atoms with Gasteiger partial charge in [-0.1, -0.05) is 35.9 Å². The molecule has 0 spiro atoms. The molecule has 0 aliphatic heterocycles. The molecule has 0 unspecified atom stereocenters. The number of anilines is 1. The number of nitrogens with one attached hydrogen (secondary N) is 1. The minimum atomic E-state index is -0.274. The van der Waals surface area contributed by atoms with Gasteiger partial charge in [-0.2, -0.15) is 4.80 Å². The lowest BCUT2D eigenvalue weighted by atomic mass is 10.1. The maximum atomic E-state index is 12.5. The first-order valence-corrected chi connectivity index (χ1v) is 9.91. The molecular formula is C23H21ClN4O2. The molecule has 0 saturated heterocycles. The Morgan fingerprint density at radius 2 is 1.70 bits per heavy atom. The van der Waals surface area contributed by atoms with E-state index in [9.17, 15) is 4.79 Å². The van der Waals surface area contributed by atoms with Crippen molar-refractivity contribution in [1.82, 2.24) is 15.0 Å². The number of nitrogens with zero attached hydrogens (tertiary/aromatic N) is 3. The molecule has 6 nitrogen and oxygen atoms in total. The molecule has 4 aromatic rings. The molecule has 0 bridgehead atoms. The smallest absolute Gasteiger partial charge is 0.262 e. The maximum absolute atomic E-state index is 12.5. The lowest BCUT2D eigenvalue weighted by Gasteiger charge is -2.13. The molecule has 1 heterocycles. The minimum Gasteiger partial charge on any atom is -0.482 e. The van der Waals surface area contributed by atoms with Crippen molar-refractivity contribution in [3.63, 3.8) is 0 Å². The zero-order valence-electron chi connectivity index (χ0n) is 16.9. The highest BCUT2D eigenvalue weighted by atomic mass is 35.5. The van der Waals surface area contributed by atoms with E-state index >= 15 is 0 Å². The molecule has 0 aliphatic carbocycles. The number of para-hydroxylation sites is 1. The molecule has 1 aromatic heterocycles. The highest BCUT2D eigenvalue weighted by Crippen LogP contribution is 2.30. The number of amides is 1. The van der Waals surface area contributed by atoms with Crippen LogP contribution < -0.4 is 10.1 Å². The van der Waals surface area contributed by atoms with Crippen molar-refractivity contribution in [2.45, 2.75) is 20.8 Å². The number of rotatable bonds is 5. The van der Waals surface area contributed by atoms with Crippen molar-refractivity contribution in [2.75, 3.05) is 11.9 Å². The van der Waals surface area contributed by atoms with E-state index in [1.165, 1.54) is 0 Å². The third-order valence-electron chi connectivity index (χ3n) is 4.71. The summed E-state index contributed by atoms with van der Waals surface area (Å²) in [5.74, 6) is 0.249. The fourth-order valence-electron chi connectivity index (χ4n) is 3.29. The molecule has 30 heavy (non-hydrogen) atoms. The van der Waals surface area contributed by atoms with Crippen molar-refractivity contribution in [3.05, 3.63) is 76.3 Å². The van der Waals surface area contributed by atoms with Gasteiger partial charge in [-0.15, -0.1) is 10.2 Å². The van der Waals surface area contributed by atoms with Crippen molar-refractivity contribution in [2.24, 2.45) is 0 Å². The summed E-state index contributed by atoms with van der Waals surface area (Å²) in [7, 11) is 0. The summed E-state index contributed by atoms with van der Waals surface area (Å²) in [6.45, 7) is 5.64. The Morgan fingerprint density at radius 1 is 1.00 bits per heavy atom. The number of aromatic nitrogens is 3. The van der Waals surface area contributed by atoms with Crippen LogP contribution in [0.5, 0.6) is 5.75 Å². The Hall–Kier alpha value is -3.38. The topological polar surface area (TPSA) is 69.0 Å². The van der Waals surface area contributed by atoms with Crippen molar-refractivity contribution in [3.8, 4) is 11.4 Å². The monoisotopic (exact) mass is 420 g/mol. The average molecular weight is 421 g/mol. The SMILES string of the molecule is Cc1cc(C)c(OCC(=O)Nc2cc3nn(-c4ccccc4)nc3cc2C)c(Cl)c1. The Kier molecular flexibility index (Phi) is 5.42. The van der Waals surface area contributed by atoms with Crippen molar-refractivity contribution >= 4 is 34.2 Å². The molecule has 1 amide bonds. The summed E-state index contributed by atoms with van der Waals surface area (Å²) in [6.07, 6.45) is 0. The number of benzene rings is 3. The van der Waals surface area contributed by atoms with Gasteiger partial charge in [-0.3, -0.25) is 4.79 Å². The van der Waals surface area contributed by atoms with Crippen LogP contribution in [0.15, 0.2) is 54.6 Å². The second-order valence-electron chi connectivity index (χ2n) is 7.21. The van der Waals surface area contributed by atoms with Gasteiger partial charge in [0, 0.05) is 5.69 Å². The summed E-state index contributed by atoms with van der Waals surface area (Å²) in [4.78, 5) is 14.1. The van der Waals surface area contributed by atoms with Gasteiger partial charge in [0.05, 0.1) is 10.7 Å². The second kappa shape index (κ2) is 8.16. The van der Waals surface area contributed by atoms with Gasteiger partial charge in [-0.25, -0.2) is 0 Å². The number of hydrogen-bond donors (Lipinski definition) is 1. The lowest BCUT2D eigenvalue weighted by Crippen LogP contribution is -2.21. The predicted molar refractivity (Wildman–Crippen MR) is 119 cm³/mol. The first-order chi connectivity index (χ1) is 14.4. The van der Waals surface area contributed by atoms with E-state index in [0.29, 0.717) is 22.0 Å².